The van der Waals surface area contributed by atoms with E-state index < -0.39 is 12.0 Å². The summed E-state index contributed by atoms with van der Waals surface area (Å²) in [6.45, 7) is 0.583. The molecule has 0 heterocycles. The number of carbonyl (C=O) groups is 1. The summed E-state index contributed by atoms with van der Waals surface area (Å²) >= 11 is 0. The van der Waals surface area contributed by atoms with Crippen molar-refractivity contribution in [1.82, 2.24) is 0 Å². The van der Waals surface area contributed by atoms with Crippen molar-refractivity contribution in [3.8, 4) is 0 Å². The third kappa shape index (κ3) is 9.11. The van der Waals surface area contributed by atoms with Crippen molar-refractivity contribution >= 4 is 5.97 Å². The van der Waals surface area contributed by atoms with Crippen molar-refractivity contribution in [1.29, 1.82) is 0 Å². The largest absolute Gasteiger partial charge is 1.00 e. The molecule has 0 aromatic rings. The molecule has 0 aromatic heterocycles. The Hall–Kier alpha value is 1.20. The van der Waals surface area contributed by atoms with Crippen LogP contribution in [0.25, 0.3) is 0 Å². The summed E-state index contributed by atoms with van der Waals surface area (Å²) in [5, 5.41) is 10.0. The number of rotatable bonds is 5. The van der Waals surface area contributed by atoms with Crippen LogP contribution in [0, 0.1) is 0 Å². The standard InChI is InChI=1S/C6H14N2O2.Rb/c7-4-2-1-3-5(8)6(9)10;/h5H,1-4,7-8H2,(H,9,10);/q;+1/p-1/t5-;/m0./s1. The van der Waals surface area contributed by atoms with Crippen molar-refractivity contribution in [3.63, 3.8) is 0 Å². The van der Waals surface area contributed by atoms with Gasteiger partial charge in [0, 0.05) is 6.04 Å². The molecule has 0 saturated heterocycles. The van der Waals surface area contributed by atoms with Gasteiger partial charge in [-0.3, -0.25) is 0 Å². The summed E-state index contributed by atoms with van der Waals surface area (Å²) < 4.78 is 0. The summed E-state index contributed by atoms with van der Waals surface area (Å²) in [6, 6.07) is -0.827. The quantitative estimate of drug-likeness (QED) is 0.464. The Morgan fingerprint density at radius 2 is 2.00 bits per heavy atom. The molecular weight excluding hydrogens is 218 g/mol. The predicted octanol–water partition coefficient (Wildman–Crippen LogP) is -4.80. The Balaban J connectivity index is 0. The maximum Gasteiger partial charge on any atom is 1.00 e. The van der Waals surface area contributed by atoms with Crippen molar-refractivity contribution in [2.24, 2.45) is 11.5 Å². The van der Waals surface area contributed by atoms with Gasteiger partial charge in [0.15, 0.2) is 0 Å². The average Bonchev–Trinajstić information content (AvgIpc) is 1.88. The number of aliphatic carboxylic acids is 1. The summed E-state index contributed by atoms with van der Waals surface area (Å²) in [6.07, 6.45) is 2.03. The van der Waals surface area contributed by atoms with Gasteiger partial charge in [0.25, 0.3) is 0 Å². The van der Waals surface area contributed by atoms with Crippen LogP contribution >= 0.6 is 0 Å². The predicted molar refractivity (Wildman–Crippen MR) is 35.9 cm³/mol. The zero-order valence-electron chi connectivity index (χ0n) is 6.88. The third-order valence-corrected chi connectivity index (χ3v) is 1.27. The van der Waals surface area contributed by atoms with E-state index in [1.165, 1.54) is 0 Å². The number of carbonyl (C=O) groups excluding carboxylic acids is 1. The first-order chi connectivity index (χ1) is 4.68. The minimum Gasteiger partial charge on any atom is -0.548 e. The van der Waals surface area contributed by atoms with Crippen LogP contribution in [0.3, 0.4) is 0 Å². The zero-order valence-corrected chi connectivity index (χ0v) is 11.8. The number of hydrogen-bond acceptors (Lipinski definition) is 4. The average molecular weight is 231 g/mol. The molecule has 0 rings (SSSR count). The minimum absolute atomic E-state index is 0. The summed E-state index contributed by atoms with van der Waals surface area (Å²) in [4.78, 5) is 10.0. The summed E-state index contributed by atoms with van der Waals surface area (Å²) in [5.41, 5.74) is 10.3. The number of carboxylic acid groups (broad SMARTS) is 1. The molecular formula is C6H13N2O2Rb. The van der Waals surface area contributed by atoms with Crippen LogP contribution in [0.15, 0.2) is 0 Å². The molecule has 1 atom stereocenters. The van der Waals surface area contributed by atoms with Gasteiger partial charge in [-0.2, -0.15) is 0 Å². The second kappa shape index (κ2) is 9.28. The van der Waals surface area contributed by atoms with E-state index in [2.05, 4.69) is 0 Å². The van der Waals surface area contributed by atoms with Crippen LogP contribution in [0.2, 0.25) is 0 Å². The Kier molecular flexibility index (Phi) is 12.4. The van der Waals surface area contributed by atoms with E-state index in [1.54, 1.807) is 0 Å². The number of hydrogen-bond donors (Lipinski definition) is 2. The van der Waals surface area contributed by atoms with Gasteiger partial charge in [-0.15, -0.1) is 0 Å². The van der Waals surface area contributed by atoms with Gasteiger partial charge in [0.1, 0.15) is 0 Å². The first kappa shape index (κ1) is 14.7. The van der Waals surface area contributed by atoms with Crippen molar-refractivity contribution < 1.29 is 68.1 Å². The maximum atomic E-state index is 10.0. The first-order valence-corrected chi connectivity index (χ1v) is 3.35. The fourth-order valence-corrected chi connectivity index (χ4v) is 0.626. The van der Waals surface area contributed by atoms with Gasteiger partial charge in [-0.1, -0.05) is 6.42 Å². The van der Waals surface area contributed by atoms with Gasteiger partial charge >= 0.3 is 58.2 Å². The van der Waals surface area contributed by atoms with Crippen molar-refractivity contribution in [3.05, 3.63) is 0 Å². The smallest absolute Gasteiger partial charge is 0.548 e. The van der Waals surface area contributed by atoms with Crippen LogP contribution < -0.4 is 74.8 Å². The Morgan fingerprint density at radius 3 is 2.36 bits per heavy atom. The monoisotopic (exact) mass is 230 g/mol. The van der Waals surface area contributed by atoms with E-state index in [0.717, 1.165) is 12.8 Å². The molecule has 0 fully saturated rings. The van der Waals surface area contributed by atoms with Gasteiger partial charge in [0.05, 0.1) is 5.97 Å². The third-order valence-electron chi connectivity index (χ3n) is 1.27. The Bertz CT molecular complexity index is 111. The molecule has 0 aliphatic heterocycles. The molecule has 0 aromatic carbocycles. The van der Waals surface area contributed by atoms with Crippen LogP contribution in [-0.2, 0) is 4.79 Å². The molecule has 4 N–H and O–H groups in total. The Labute approximate surface area is 115 Å². The van der Waals surface area contributed by atoms with Crippen LogP contribution in [0.5, 0.6) is 0 Å². The zero-order chi connectivity index (χ0) is 7.98. The molecule has 11 heavy (non-hydrogen) atoms. The molecule has 0 spiro atoms. The minimum atomic E-state index is -1.18. The molecule has 0 aliphatic carbocycles. The van der Waals surface area contributed by atoms with E-state index in [4.69, 9.17) is 11.5 Å². The summed E-state index contributed by atoms with van der Waals surface area (Å²) in [5.74, 6) is -1.18. The maximum absolute atomic E-state index is 10.0. The van der Waals surface area contributed by atoms with Gasteiger partial charge in [0.2, 0.25) is 0 Å². The second-order valence-corrected chi connectivity index (χ2v) is 2.21. The van der Waals surface area contributed by atoms with Gasteiger partial charge in [-0.25, -0.2) is 0 Å². The molecule has 60 valence electrons. The summed E-state index contributed by atoms with van der Waals surface area (Å²) in [7, 11) is 0. The second-order valence-electron chi connectivity index (χ2n) is 2.21. The van der Waals surface area contributed by atoms with Crippen molar-refractivity contribution in [2.45, 2.75) is 25.3 Å². The molecule has 0 saturated carbocycles. The molecule has 0 unspecified atom stereocenters. The van der Waals surface area contributed by atoms with E-state index in [-0.39, 0.29) is 58.2 Å². The van der Waals surface area contributed by atoms with E-state index in [9.17, 15) is 9.90 Å². The molecule has 0 bridgehead atoms. The normalized spacial score (nSPS) is 11.8. The molecule has 0 amide bonds. The fraction of sp³-hybridized carbons (Fsp3) is 0.833. The Morgan fingerprint density at radius 1 is 1.45 bits per heavy atom. The topological polar surface area (TPSA) is 92.2 Å². The molecule has 5 heteroatoms. The van der Waals surface area contributed by atoms with Crippen LogP contribution in [-0.4, -0.2) is 18.6 Å². The SMILES string of the molecule is NCCCC[C@H](N)C(=O)[O-].[Rb+]. The number of carboxylic acids is 1. The molecule has 4 nitrogen and oxygen atoms in total. The first-order valence-electron chi connectivity index (χ1n) is 3.35. The van der Waals surface area contributed by atoms with Gasteiger partial charge in [-0.05, 0) is 19.4 Å². The van der Waals surface area contributed by atoms with E-state index >= 15 is 0 Å². The number of unbranched alkanes of at least 4 members (excludes halogenated alkanes) is 1. The van der Waals surface area contributed by atoms with E-state index in [0.29, 0.717) is 13.0 Å². The van der Waals surface area contributed by atoms with Gasteiger partial charge < -0.3 is 21.4 Å². The fourth-order valence-electron chi connectivity index (χ4n) is 0.626. The van der Waals surface area contributed by atoms with Crippen molar-refractivity contribution in [2.75, 3.05) is 6.54 Å². The number of nitrogens with two attached hydrogens (primary N) is 2. The molecule has 0 aliphatic rings. The van der Waals surface area contributed by atoms with E-state index in [1.807, 2.05) is 0 Å². The molecule has 0 radical (unpaired) electrons. The van der Waals surface area contributed by atoms with Crippen LogP contribution in [0.1, 0.15) is 19.3 Å². The van der Waals surface area contributed by atoms with Crippen LogP contribution in [0.4, 0.5) is 0 Å².